The standard InChI is InChI=1S/C20H24N2O2/c1-3-4-6-11-19(23)22-18-14-16(13-12-15(18)2)20(24)21-17-9-7-5-8-10-17/h5,7-10,12-14H,3-4,6,11H2,1-2H3,(H,21,24)(H,22,23). The van der Waals surface area contributed by atoms with E-state index in [1.807, 2.05) is 43.3 Å². The van der Waals surface area contributed by atoms with Crippen molar-refractivity contribution in [3.05, 3.63) is 59.7 Å². The van der Waals surface area contributed by atoms with Crippen molar-refractivity contribution in [3.63, 3.8) is 0 Å². The van der Waals surface area contributed by atoms with E-state index in [2.05, 4.69) is 17.6 Å². The van der Waals surface area contributed by atoms with Gasteiger partial charge in [-0.2, -0.15) is 0 Å². The summed E-state index contributed by atoms with van der Waals surface area (Å²) in [6.45, 7) is 4.03. The second-order valence-corrected chi connectivity index (χ2v) is 5.86. The Balaban J connectivity index is 2.04. The number of benzene rings is 2. The van der Waals surface area contributed by atoms with Crippen LogP contribution in [-0.2, 0) is 4.79 Å². The summed E-state index contributed by atoms with van der Waals surface area (Å²) in [7, 11) is 0. The fourth-order valence-electron chi connectivity index (χ4n) is 2.37. The van der Waals surface area contributed by atoms with E-state index in [0.717, 1.165) is 30.5 Å². The predicted molar refractivity (Wildman–Crippen MR) is 98.3 cm³/mol. The number of unbranched alkanes of at least 4 members (excludes halogenated alkanes) is 2. The monoisotopic (exact) mass is 324 g/mol. The van der Waals surface area contributed by atoms with E-state index in [-0.39, 0.29) is 11.8 Å². The van der Waals surface area contributed by atoms with Crippen LogP contribution in [0.5, 0.6) is 0 Å². The van der Waals surface area contributed by atoms with Gasteiger partial charge in [-0.1, -0.05) is 44.0 Å². The smallest absolute Gasteiger partial charge is 0.255 e. The number of hydrogen-bond donors (Lipinski definition) is 2. The first-order valence-electron chi connectivity index (χ1n) is 8.37. The van der Waals surface area contributed by atoms with E-state index in [4.69, 9.17) is 0 Å². The van der Waals surface area contributed by atoms with Crippen molar-refractivity contribution >= 4 is 23.2 Å². The quantitative estimate of drug-likeness (QED) is 0.721. The Bertz CT molecular complexity index is 696. The molecular formula is C20H24N2O2. The first kappa shape index (κ1) is 17.7. The lowest BCUT2D eigenvalue weighted by Crippen LogP contribution is -2.15. The van der Waals surface area contributed by atoms with Crippen LogP contribution in [0.4, 0.5) is 11.4 Å². The zero-order valence-corrected chi connectivity index (χ0v) is 14.3. The fraction of sp³-hybridized carbons (Fsp3) is 0.300. The number of para-hydroxylation sites is 1. The first-order valence-corrected chi connectivity index (χ1v) is 8.37. The summed E-state index contributed by atoms with van der Waals surface area (Å²) >= 11 is 0. The topological polar surface area (TPSA) is 58.2 Å². The molecule has 0 radical (unpaired) electrons. The molecule has 2 aromatic carbocycles. The minimum atomic E-state index is -0.192. The van der Waals surface area contributed by atoms with E-state index in [1.54, 1.807) is 12.1 Å². The van der Waals surface area contributed by atoms with Crippen LogP contribution in [0.1, 0.15) is 48.5 Å². The normalized spacial score (nSPS) is 10.2. The highest BCUT2D eigenvalue weighted by Crippen LogP contribution is 2.19. The summed E-state index contributed by atoms with van der Waals surface area (Å²) in [6.07, 6.45) is 3.52. The van der Waals surface area contributed by atoms with Crippen LogP contribution in [0.15, 0.2) is 48.5 Å². The molecule has 0 aliphatic heterocycles. The Morgan fingerprint density at radius 1 is 0.958 bits per heavy atom. The molecule has 0 aromatic heterocycles. The van der Waals surface area contributed by atoms with Gasteiger partial charge in [0.1, 0.15) is 0 Å². The average molecular weight is 324 g/mol. The van der Waals surface area contributed by atoms with Crippen LogP contribution >= 0.6 is 0 Å². The zero-order chi connectivity index (χ0) is 17.4. The van der Waals surface area contributed by atoms with Crippen LogP contribution in [0.2, 0.25) is 0 Å². The SMILES string of the molecule is CCCCCC(=O)Nc1cc(C(=O)Nc2ccccc2)ccc1C. The van der Waals surface area contributed by atoms with Crippen LogP contribution in [0.25, 0.3) is 0 Å². The number of nitrogens with one attached hydrogen (secondary N) is 2. The van der Waals surface area contributed by atoms with Crippen molar-refractivity contribution in [2.24, 2.45) is 0 Å². The summed E-state index contributed by atoms with van der Waals surface area (Å²) in [5.74, 6) is -0.199. The lowest BCUT2D eigenvalue weighted by molar-refractivity contribution is -0.116. The zero-order valence-electron chi connectivity index (χ0n) is 14.3. The molecule has 4 heteroatoms. The molecule has 2 amide bonds. The Hall–Kier alpha value is -2.62. The molecule has 0 fully saturated rings. The van der Waals surface area contributed by atoms with Gasteiger partial charge in [0.05, 0.1) is 0 Å². The molecule has 2 aromatic rings. The number of carbonyl (C=O) groups excluding carboxylic acids is 2. The molecule has 2 rings (SSSR count). The minimum absolute atomic E-state index is 0.00725. The number of rotatable bonds is 7. The Labute approximate surface area is 143 Å². The summed E-state index contributed by atoms with van der Waals surface area (Å²) in [4.78, 5) is 24.4. The van der Waals surface area contributed by atoms with Crippen molar-refractivity contribution in [1.82, 2.24) is 0 Å². The van der Waals surface area contributed by atoms with Crippen LogP contribution < -0.4 is 10.6 Å². The highest BCUT2D eigenvalue weighted by molar-refractivity contribution is 6.05. The third-order valence-corrected chi connectivity index (χ3v) is 3.81. The average Bonchev–Trinajstić information content (AvgIpc) is 2.58. The van der Waals surface area contributed by atoms with Crippen molar-refractivity contribution < 1.29 is 9.59 Å². The molecule has 0 atom stereocenters. The lowest BCUT2D eigenvalue weighted by Gasteiger charge is -2.11. The summed E-state index contributed by atoms with van der Waals surface area (Å²) in [5, 5.41) is 5.76. The third-order valence-electron chi connectivity index (χ3n) is 3.81. The fourth-order valence-corrected chi connectivity index (χ4v) is 2.37. The highest BCUT2D eigenvalue weighted by Gasteiger charge is 2.10. The van der Waals surface area contributed by atoms with Gasteiger partial charge in [-0.15, -0.1) is 0 Å². The molecule has 2 N–H and O–H groups in total. The molecule has 0 aliphatic rings. The van der Waals surface area contributed by atoms with Gasteiger partial charge >= 0.3 is 0 Å². The van der Waals surface area contributed by atoms with E-state index in [0.29, 0.717) is 17.7 Å². The molecule has 4 nitrogen and oxygen atoms in total. The van der Waals surface area contributed by atoms with Crippen molar-refractivity contribution in [3.8, 4) is 0 Å². The Morgan fingerprint density at radius 2 is 1.71 bits per heavy atom. The van der Waals surface area contributed by atoms with Crippen molar-refractivity contribution in [1.29, 1.82) is 0 Å². The van der Waals surface area contributed by atoms with E-state index in [1.165, 1.54) is 0 Å². The van der Waals surface area contributed by atoms with Gasteiger partial charge < -0.3 is 10.6 Å². The maximum atomic E-state index is 12.4. The molecule has 0 aliphatic carbocycles. The maximum absolute atomic E-state index is 12.4. The van der Waals surface area contributed by atoms with Crippen molar-refractivity contribution in [2.45, 2.75) is 39.5 Å². The number of carbonyl (C=O) groups is 2. The molecule has 126 valence electrons. The van der Waals surface area contributed by atoms with E-state index < -0.39 is 0 Å². The summed E-state index contributed by atoms with van der Waals surface area (Å²) < 4.78 is 0. The van der Waals surface area contributed by atoms with Crippen LogP contribution in [0.3, 0.4) is 0 Å². The molecule has 0 unspecified atom stereocenters. The minimum Gasteiger partial charge on any atom is -0.326 e. The van der Waals surface area contributed by atoms with E-state index in [9.17, 15) is 9.59 Å². The number of aryl methyl sites for hydroxylation is 1. The predicted octanol–water partition coefficient (Wildman–Crippen LogP) is 4.77. The van der Waals surface area contributed by atoms with Gasteiger partial charge in [0.15, 0.2) is 0 Å². The van der Waals surface area contributed by atoms with Gasteiger partial charge in [-0.25, -0.2) is 0 Å². The highest BCUT2D eigenvalue weighted by atomic mass is 16.2. The number of amides is 2. The van der Waals surface area contributed by atoms with Gasteiger partial charge in [0.2, 0.25) is 5.91 Å². The van der Waals surface area contributed by atoms with Gasteiger partial charge in [-0.05, 0) is 43.2 Å². The maximum Gasteiger partial charge on any atom is 0.255 e. The Kier molecular flexibility index (Phi) is 6.55. The molecule has 0 spiro atoms. The van der Waals surface area contributed by atoms with Gasteiger partial charge in [-0.3, -0.25) is 9.59 Å². The lowest BCUT2D eigenvalue weighted by atomic mass is 10.1. The van der Waals surface area contributed by atoms with Crippen LogP contribution in [-0.4, -0.2) is 11.8 Å². The molecule has 0 bridgehead atoms. The summed E-state index contributed by atoms with van der Waals surface area (Å²) in [5.41, 5.74) is 2.90. The molecule has 0 saturated carbocycles. The second kappa shape index (κ2) is 8.87. The molecular weight excluding hydrogens is 300 g/mol. The second-order valence-electron chi connectivity index (χ2n) is 5.86. The molecule has 0 saturated heterocycles. The van der Waals surface area contributed by atoms with Crippen LogP contribution in [0, 0.1) is 6.92 Å². The largest absolute Gasteiger partial charge is 0.326 e. The third kappa shape index (κ3) is 5.23. The van der Waals surface area contributed by atoms with E-state index >= 15 is 0 Å². The summed E-state index contributed by atoms with van der Waals surface area (Å²) in [6, 6.07) is 14.6. The number of anilines is 2. The Morgan fingerprint density at radius 3 is 2.42 bits per heavy atom. The molecule has 0 heterocycles. The molecule has 24 heavy (non-hydrogen) atoms. The first-order chi connectivity index (χ1) is 11.6. The number of hydrogen-bond acceptors (Lipinski definition) is 2. The van der Waals surface area contributed by atoms with Gasteiger partial charge in [0.25, 0.3) is 5.91 Å². The van der Waals surface area contributed by atoms with Gasteiger partial charge in [0, 0.05) is 23.4 Å². The van der Waals surface area contributed by atoms with Crippen molar-refractivity contribution in [2.75, 3.05) is 10.6 Å².